The molecule has 2 N–H and O–H groups in total. The summed E-state index contributed by atoms with van der Waals surface area (Å²) in [5.74, 6) is -2.72. The van der Waals surface area contributed by atoms with Gasteiger partial charge in [-0.1, -0.05) is 13.3 Å². The Kier molecular flexibility index (Phi) is 4.43. The maximum absolute atomic E-state index is 14.3. The summed E-state index contributed by atoms with van der Waals surface area (Å²) in [4.78, 5) is 0. The molecule has 23 heavy (non-hydrogen) atoms. The van der Waals surface area contributed by atoms with Crippen molar-refractivity contribution in [3.8, 4) is 11.3 Å². The summed E-state index contributed by atoms with van der Waals surface area (Å²) in [6.45, 7) is 2.62. The molecule has 3 nitrogen and oxygen atoms in total. The molecule has 124 valence electrons. The van der Waals surface area contributed by atoms with Crippen molar-refractivity contribution in [3.05, 3.63) is 41.3 Å². The number of unbranched alkanes of at least 4 members (excludes halogenated alkanes) is 1. The van der Waals surface area contributed by atoms with Crippen LogP contribution < -0.4 is 5.73 Å². The van der Waals surface area contributed by atoms with E-state index in [1.807, 2.05) is 6.92 Å². The molecule has 1 aliphatic rings. The van der Waals surface area contributed by atoms with Gasteiger partial charge in [-0.15, -0.1) is 0 Å². The smallest absolute Gasteiger partial charge is 0.161 e. The fourth-order valence-electron chi connectivity index (χ4n) is 2.83. The van der Waals surface area contributed by atoms with Crippen LogP contribution >= 0.6 is 0 Å². The number of nitrogens with zero attached hydrogens (tertiary/aromatic N) is 2. The molecule has 0 radical (unpaired) electrons. The summed E-state index contributed by atoms with van der Waals surface area (Å²) >= 11 is 0. The van der Waals surface area contributed by atoms with E-state index < -0.39 is 17.5 Å². The van der Waals surface area contributed by atoms with Crippen molar-refractivity contribution in [2.75, 3.05) is 0 Å². The van der Waals surface area contributed by atoms with Crippen LogP contribution in [0.2, 0.25) is 0 Å². The molecule has 1 unspecified atom stereocenters. The Labute approximate surface area is 133 Å². The molecule has 0 bridgehead atoms. The lowest BCUT2D eigenvalue weighted by atomic mass is 9.99. The van der Waals surface area contributed by atoms with Crippen LogP contribution in [-0.4, -0.2) is 9.78 Å². The van der Waals surface area contributed by atoms with Crippen molar-refractivity contribution in [1.82, 2.24) is 9.78 Å². The van der Waals surface area contributed by atoms with Crippen LogP contribution in [0.25, 0.3) is 11.3 Å². The Hall–Kier alpha value is -1.82. The van der Waals surface area contributed by atoms with E-state index in [-0.39, 0.29) is 11.6 Å². The molecule has 0 aliphatic heterocycles. The second-order valence-electron chi connectivity index (χ2n) is 6.13. The van der Waals surface area contributed by atoms with Crippen LogP contribution in [0.3, 0.4) is 0 Å². The third kappa shape index (κ3) is 3.13. The van der Waals surface area contributed by atoms with Crippen molar-refractivity contribution < 1.29 is 13.2 Å². The van der Waals surface area contributed by atoms with E-state index in [2.05, 4.69) is 5.10 Å². The van der Waals surface area contributed by atoms with Gasteiger partial charge in [-0.3, -0.25) is 4.68 Å². The molecular weight excluding hydrogens is 303 g/mol. The molecule has 1 saturated carbocycles. The third-order valence-corrected chi connectivity index (χ3v) is 4.35. The predicted molar refractivity (Wildman–Crippen MR) is 82.1 cm³/mol. The number of nitrogens with two attached hydrogens (primary N) is 1. The molecule has 0 saturated heterocycles. The molecule has 2 aromatic rings. The fraction of sp³-hybridized carbons (Fsp3) is 0.471. The van der Waals surface area contributed by atoms with Crippen molar-refractivity contribution in [1.29, 1.82) is 0 Å². The van der Waals surface area contributed by atoms with Gasteiger partial charge < -0.3 is 5.73 Å². The largest absolute Gasteiger partial charge is 0.324 e. The fourth-order valence-corrected chi connectivity index (χ4v) is 2.83. The summed E-state index contributed by atoms with van der Waals surface area (Å²) in [5, 5.41) is 4.31. The highest BCUT2D eigenvalue weighted by atomic mass is 19.2. The van der Waals surface area contributed by atoms with E-state index in [4.69, 9.17) is 5.73 Å². The average molecular weight is 323 g/mol. The Morgan fingerprint density at radius 3 is 2.57 bits per heavy atom. The summed E-state index contributed by atoms with van der Waals surface area (Å²) in [5.41, 5.74) is 7.44. The van der Waals surface area contributed by atoms with Gasteiger partial charge in [0, 0.05) is 29.8 Å². The quantitative estimate of drug-likeness (QED) is 0.811. The van der Waals surface area contributed by atoms with Crippen LogP contribution in [0.5, 0.6) is 0 Å². The van der Waals surface area contributed by atoms with Crippen molar-refractivity contribution in [2.45, 2.75) is 45.2 Å². The number of benzene rings is 1. The first-order valence-corrected chi connectivity index (χ1v) is 7.99. The molecule has 6 heteroatoms. The second-order valence-corrected chi connectivity index (χ2v) is 6.13. The van der Waals surface area contributed by atoms with E-state index in [0.717, 1.165) is 31.7 Å². The van der Waals surface area contributed by atoms with Gasteiger partial charge in [0.15, 0.2) is 11.6 Å². The highest BCUT2D eigenvalue weighted by Crippen LogP contribution is 2.42. The van der Waals surface area contributed by atoms with E-state index >= 15 is 0 Å². The molecule has 1 heterocycles. The summed E-state index contributed by atoms with van der Waals surface area (Å²) in [7, 11) is 0. The number of rotatable bonds is 6. The molecule has 1 aliphatic carbocycles. The van der Waals surface area contributed by atoms with Crippen molar-refractivity contribution in [2.24, 2.45) is 11.7 Å². The molecular formula is C17H20F3N3. The highest BCUT2D eigenvalue weighted by molar-refractivity contribution is 5.65. The lowest BCUT2D eigenvalue weighted by Gasteiger charge is -2.15. The Morgan fingerprint density at radius 2 is 1.91 bits per heavy atom. The monoisotopic (exact) mass is 323 g/mol. The first-order valence-electron chi connectivity index (χ1n) is 7.99. The predicted octanol–water partition coefficient (Wildman–Crippen LogP) is 4.18. The van der Waals surface area contributed by atoms with Gasteiger partial charge in [-0.05, 0) is 31.2 Å². The second kappa shape index (κ2) is 6.35. The van der Waals surface area contributed by atoms with Crippen molar-refractivity contribution >= 4 is 0 Å². The summed E-state index contributed by atoms with van der Waals surface area (Å²) in [6, 6.07) is 1.22. The maximum Gasteiger partial charge on any atom is 0.161 e. The van der Waals surface area contributed by atoms with Gasteiger partial charge in [-0.25, -0.2) is 13.2 Å². The van der Waals surface area contributed by atoms with E-state index in [1.54, 1.807) is 10.9 Å². The minimum absolute atomic E-state index is 0.0172. The summed E-state index contributed by atoms with van der Waals surface area (Å²) < 4.78 is 42.8. The van der Waals surface area contributed by atoms with Crippen molar-refractivity contribution in [3.63, 3.8) is 0 Å². The standard InChI is InChI=1S/C17H20F3N3/c1-2-3-6-23-17(11-7-14(19)15(20)8-13(11)18)12(9-22-23)16(21)10-4-5-10/h7-10,16H,2-6,21H2,1H3. The zero-order valence-corrected chi connectivity index (χ0v) is 13.0. The molecule has 0 amide bonds. The third-order valence-electron chi connectivity index (χ3n) is 4.35. The normalized spacial score (nSPS) is 15.9. The van der Waals surface area contributed by atoms with Gasteiger partial charge in [0.2, 0.25) is 0 Å². The lowest BCUT2D eigenvalue weighted by molar-refractivity contribution is 0.494. The number of halogens is 3. The van der Waals surface area contributed by atoms with Crippen LogP contribution in [0.1, 0.15) is 44.2 Å². The SMILES string of the molecule is CCCCn1ncc(C(N)C2CC2)c1-c1cc(F)c(F)cc1F. The molecule has 1 aromatic heterocycles. The number of aromatic nitrogens is 2. The van der Waals surface area contributed by atoms with E-state index in [1.165, 1.54) is 0 Å². The van der Waals surface area contributed by atoms with Gasteiger partial charge in [0.25, 0.3) is 0 Å². The average Bonchev–Trinajstić information content (AvgIpc) is 3.29. The number of hydrogen-bond donors (Lipinski definition) is 1. The highest BCUT2D eigenvalue weighted by Gasteiger charge is 2.33. The molecule has 1 fully saturated rings. The van der Waals surface area contributed by atoms with Gasteiger partial charge in [0.1, 0.15) is 5.82 Å². The van der Waals surface area contributed by atoms with Gasteiger partial charge in [-0.2, -0.15) is 5.10 Å². The van der Waals surface area contributed by atoms with Gasteiger partial charge in [0.05, 0.1) is 11.9 Å². The zero-order chi connectivity index (χ0) is 16.6. The first kappa shape index (κ1) is 16.1. The van der Waals surface area contributed by atoms with Crippen LogP contribution in [-0.2, 0) is 6.54 Å². The topological polar surface area (TPSA) is 43.8 Å². The molecule has 1 aromatic carbocycles. The molecule has 1 atom stereocenters. The Morgan fingerprint density at radius 1 is 1.22 bits per heavy atom. The number of hydrogen-bond acceptors (Lipinski definition) is 2. The van der Waals surface area contributed by atoms with Gasteiger partial charge >= 0.3 is 0 Å². The molecule has 3 rings (SSSR count). The minimum atomic E-state index is -1.20. The van der Waals surface area contributed by atoms with Crippen LogP contribution in [0, 0.1) is 23.4 Å². The van der Waals surface area contributed by atoms with Crippen LogP contribution in [0.15, 0.2) is 18.3 Å². The van der Waals surface area contributed by atoms with Crippen LogP contribution in [0.4, 0.5) is 13.2 Å². The zero-order valence-electron chi connectivity index (χ0n) is 13.0. The molecule has 0 spiro atoms. The minimum Gasteiger partial charge on any atom is -0.324 e. The van der Waals surface area contributed by atoms with E-state index in [0.29, 0.717) is 29.8 Å². The summed E-state index contributed by atoms with van der Waals surface area (Å²) in [6.07, 6.45) is 5.50. The maximum atomic E-state index is 14.3. The Bertz CT molecular complexity index is 707. The van der Waals surface area contributed by atoms with E-state index in [9.17, 15) is 13.2 Å². The number of aryl methyl sites for hydroxylation is 1. The Balaban J connectivity index is 2.10. The lowest BCUT2D eigenvalue weighted by Crippen LogP contribution is -2.14. The first-order chi connectivity index (χ1) is 11.0.